The average molecular weight is 336 g/mol. The second-order valence-electron chi connectivity index (χ2n) is 7.15. The normalized spacial score (nSPS) is 25.1. The zero-order valence-electron chi connectivity index (χ0n) is 14.2. The number of hydrogen-bond donors (Lipinski definition) is 0. The molecule has 2 unspecified atom stereocenters. The predicted molar refractivity (Wildman–Crippen MR) is 94.2 cm³/mol. The molecule has 0 bridgehead atoms. The number of carbonyl (C=O) groups is 2. The van der Waals surface area contributed by atoms with Crippen LogP contribution in [0.2, 0.25) is 0 Å². The second-order valence-corrected chi connectivity index (χ2v) is 7.15. The van der Waals surface area contributed by atoms with Crippen molar-refractivity contribution >= 4 is 22.7 Å². The van der Waals surface area contributed by atoms with Crippen molar-refractivity contribution in [2.24, 2.45) is 11.3 Å². The van der Waals surface area contributed by atoms with E-state index in [1.165, 1.54) is 7.11 Å². The molecule has 4 heteroatoms. The molecule has 1 aliphatic carbocycles. The highest BCUT2D eigenvalue weighted by Crippen LogP contribution is 2.52. The third-order valence-corrected chi connectivity index (χ3v) is 5.55. The minimum absolute atomic E-state index is 0.0858. The van der Waals surface area contributed by atoms with Gasteiger partial charge in [0.1, 0.15) is 0 Å². The number of rotatable bonds is 3. The van der Waals surface area contributed by atoms with Crippen LogP contribution in [-0.2, 0) is 20.7 Å². The molecule has 1 saturated carbocycles. The molecule has 25 heavy (non-hydrogen) atoms. The molecule has 0 amide bonds. The van der Waals surface area contributed by atoms with E-state index in [-0.39, 0.29) is 17.9 Å². The Morgan fingerprint density at radius 1 is 1.28 bits per heavy atom. The van der Waals surface area contributed by atoms with Crippen LogP contribution in [-0.4, -0.2) is 25.7 Å². The van der Waals surface area contributed by atoms with E-state index in [0.29, 0.717) is 18.6 Å². The maximum Gasteiger partial charge on any atom is 0.337 e. The summed E-state index contributed by atoms with van der Waals surface area (Å²) in [5, 5.41) is 2.02. The summed E-state index contributed by atoms with van der Waals surface area (Å²) < 4.78 is 10.1. The maximum absolute atomic E-state index is 12.4. The van der Waals surface area contributed by atoms with Crippen LogP contribution in [0, 0.1) is 11.3 Å². The first-order chi connectivity index (χ1) is 12.0. The van der Waals surface area contributed by atoms with Gasteiger partial charge in [0.05, 0.1) is 24.7 Å². The molecule has 0 N–H and O–H groups in total. The standard InChI is InChI=1S/C21H20O4/c1-13-7-18-12-25-20(23)21(18,10-13)11-14-3-4-16-9-17(19(22)24-2)6-5-15(16)8-14/h3-6,8-9,18H,1,7,10-12H2,2H3. The molecule has 0 spiro atoms. The number of methoxy groups -OCH3 is 1. The fourth-order valence-electron chi connectivity index (χ4n) is 4.28. The van der Waals surface area contributed by atoms with Gasteiger partial charge in [-0.3, -0.25) is 4.79 Å². The number of benzene rings is 2. The van der Waals surface area contributed by atoms with Gasteiger partial charge in [0.2, 0.25) is 0 Å². The van der Waals surface area contributed by atoms with Crippen molar-refractivity contribution in [1.29, 1.82) is 0 Å². The molecule has 0 radical (unpaired) electrons. The molecular formula is C21H20O4. The van der Waals surface area contributed by atoms with Crippen molar-refractivity contribution in [1.82, 2.24) is 0 Å². The summed E-state index contributed by atoms with van der Waals surface area (Å²) in [5.74, 6) is -0.187. The van der Waals surface area contributed by atoms with Gasteiger partial charge in [-0.2, -0.15) is 0 Å². The number of ether oxygens (including phenoxy) is 2. The molecule has 128 valence electrons. The lowest BCUT2D eigenvalue weighted by Gasteiger charge is -2.24. The molecule has 1 saturated heterocycles. The fourth-order valence-corrected chi connectivity index (χ4v) is 4.28. The van der Waals surface area contributed by atoms with Crippen molar-refractivity contribution in [2.75, 3.05) is 13.7 Å². The summed E-state index contributed by atoms with van der Waals surface area (Å²) in [5.41, 5.74) is 2.34. The Morgan fingerprint density at radius 3 is 2.84 bits per heavy atom. The first-order valence-corrected chi connectivity index (χ1v) is 8.47. The lowest BCUT2D eigenvalue weighted by Crippen LogP contribution is -2.31. The fraction of sp³-hybridized carbons (Fsp3) is 0.333. The lowest BCUT2D eigenvalue weighted by molar-refractivity contribution is -0.146. The summed E-state index contributed by atoms with van der Waals surface area (Å²) in [4.78, 5) is 24.1. The minimum atomic E-state index is -0.448. The van der Waals surface area contributed by atoms with E-state index in [0.717, 1.165) is 34.8 Å². The zero-order valence-corrected chi connectivity index (χ0v) is 14.2. The van der Waals surface area contributed by atoms with Gasteiger partial charge in [-0.15, -0.1) is 0 Å². The minimum Gasteiger partial charge on any atom is -0.465 e. The Kier molecular flexibility index (Phi) is 3.64. The van der Waals surface area contributed by atoms with Crippen molar-refractivity contribution in [3.05, 3.63) is 59.7 Å². The highest BCUT2D eigenvalue weighted by atomic mass is 16.5. The molecule has 1 aliphatic heterocycles. The van der Waals surface area contributed by atoms with Crippen LogP contribution < -0.4 is 0 Å². The highest BCUT2D eigenvalue weighted by molar-refractivity contribution is 5.95. The van der Waals surface area contributed by atoms with Gasteiger partial charge in [-0.05, 0) is 47.7 Å². The monoisotopic (exact) mass is 336 g/mol. The van der Waals surface area contributed by atoms with Crippen LogP contribution in [0.3, 0.4) is 0 Å². The van der Waals surface area contributed by atoms with Crippen LogP contribution in [0.15, 0.2) is 48.6 Å². The summed E-state index contributed by atoms with van der Waals surface area (Å²) in [6.45, 7) is 4.60. The Hall–Kier alpha value is -2.62. The zero-order chi connectivity index (χ0) is 17.6. The average Bonchev–Trinajstić information content (AvgIpc) is 3.08. The summed E-state index contributed by atoms with van der Waals surface area (Å²) in [6.07, 6.45) is 2.27. The van der Waals surface area contributed by atoms with Gasteiger partial charge in [-0.25, -0.2) is 4.79 Å². The molecule has 2 aromatic carbocycles. The smallest absolute Gasteiger partial charge is 0.337 e. The molecule has 2 aromatic rings. The van der Waals surface area contributed by atoms with Crippen molar-refractivity contribution in [2.45, 2.75) is 19.3 Å². The summed E-state index contributed by atoms with van der Waals surface area (Å²) in [6, 6.07) is 11.6. The van der Waals surface area contributed by atoms with Gasteiger partial charge in [-0.1, -0.05) is 36.4 Å². The van der Waals surface area contributed by atoms with Gasteiger partial charge in [0.15, 0.2) is 0 Å². The third kappa shape index (κ3) is 2.53. The molecule has 4 rings (SSSR count). The highest BCUT2D eigenvalue weighted by Gasteiger charge is 2.55. The Balaban J connectivity index is 1.67. The van der Waals surface area contributed by atoms with Gasteiger partial charge < -0.3 is 9.47 Å². The van der Waals surface area contributed by atoms with E-state index >= 15 is 0 Å². The number of cyclic esters (lactones) is 1. The largest absolute Gasteiger partial charge is 0.465 e. The molecule has 4 nitrogen and oxygen atoms in total. The summed E-state index contributed by atoms with van der Waals surface area (Å²) in [7, 11) is 1.38. The SMILES string of the molecule is C=C1CC2COC(=O)C2(Cc2ccc3cc(C(=O)OC)ccc3c2)C1. The number of carbonyl (C=O) groups excluding carboxylic acids is 2. The van der Waals surface area contributed by atoms with E-state index in [1.807, 2.05) is 24.3 Å². The van der Waals surface area contributed by atoms with Crippen LogP contribution in [0.5, 0.6) is 0 Å². The van der Waals surface area contributed by atoms with Crippen molar-refractivity contribution in [3.8, 4) is 0 Å². The second kappa shape index (κ2) is 5.73. The van der Waals surface area contributed by atoms with Crippen LogP contribution in [0.1, 0.15) is 28.8 Å². The van der Waals surface area contributed by atoms with Crippen LogP contribution >= 0.6 is 0 Å². The third-order valence-electron chi connectivity index (χ3n) is 5.55. The molecule has 2 atom stereocenters. The first kappa shape index (κ1) is 15.9. The van der Waals surface area contributed by atoms with Crippen molar-refractivity contribution < 1.29 is 19.1 Å². The topological polar surface area (TPSA) is 52.6 Å². The first-order valence-electron chi connectivity index (χ1n) is 8.47. The quantitative estimate of drug-likeness (QED) is 0.634. The van der Waals surface area contributed by atoms with Crippen LogP contribution in [0.4, 0.5) is 0 Å². The van der Waals surface area contributed by atoms with E-state index in [2.05, 4.69) is 12.6 Å². The van der Waals surface area contributed by atoms with E-state index in [4.69, 9.17) is 9.47 Å². The Labute approximate surface area is 146 Å². The van der Waals surface area contributed by atoms with E-state index < -0.39 is 5.41 Å². The van der Waals surface area contributed by atoms with Crippen LogP contribution in [0.25, 0.3) is 10.8 Å². The van der Waals surface area contributed by atoms with Gasteiger partial charge in [0.25, 0.3) is 0 Å². The van der Waals surface area contributed by atoms with E-state index in [9.17, 15) is 9.59 Å². The Bertz CT molecular complexity index is 898. The molecule has 1 heterocycles. The molecule has 0 aromatic heterocycles. The number of hydrogen-bond acceptors (Lipinski definition) is 4. The molecule has 2 fully saturated rings. The number of esters is 2. The number of allylic oxidation sites excluding steroid dienone is 1. The lowest BCUT2D eigenvalue weighted by atomic mass is 9.75. The van der Waals surface area contributed by atoms with Gasteiger partial charge >= 0.3 is 11.9 Å². The predicted octanol–water partition coefficient (Wildman–Crippen LogP) is 3.68. The molecule has 2 aliphatic rings. The van der Waals surface area contributed by atoms with Gasteiger partial charge in [0, 0.05) is 5.92 Å². The Morgan fingerprint density at radius 2 is 2.04 bits per heavy atom. The maximum atomic E-state index is 12.4. The summed E-state index contributed by atoms with van der Waals surface area (Å²) >= 11 is 0. The van der Waals surface area contributed by atoms with E-state index in [1.54, 1.807) is 6.07 Å². The molecular weight excluding hydrogens is 316 g/mol. The number of fused-ring (bicyclic) bond motifs is 2. The van der Waals surface area contributed by atoms with Crippen molar-refractivity contribution in [3.63, 3.8) is 0 Å².